The SMILES string of the molecule is N#CCNC(=O)[C@H](Cc1cc(F)c(O)c(F)c1)N[C@@H](c1ccc(Cl)cc1)C(F)(F)F. The molecule has 0 saturated heterocycles. The molecule has 30 heavy (non-hydrogen) atoms. The first kappa shape index (κ1) is 23.4. The number of phenols is 1. The second-order valence-corrected chi connectivity index (χ2v) is 6.67. The van der Waals surface area contributed by atoms with Crippen molar-refractivity contribution in [3.63, 3.8) is 0 Å². The van der Waals surface area contributed by atoms with Gasteiger partial charge in [-0.25, -0.2) is 8.78 Å². The van der Waals surface area contributed by atoms with Gasteiger partial charge in [-0.15, -0.1) is 0 Å². The van der Waals surface area contributed by atoms with Crippen LogP contribution < -0.4 is 10.6 Å². The number of amides is 1. The standard InChI is InChI=1S/C19H15ClF5N3O2/c20-12-3-1-11(2-4-12)17(19(23,24)25)28-15(18(30)27-6-5-26)9-10-7-13(21)16(29)14(22)8-10/h1-4,7-8,15,17,28-29H,6,9H2,(H,27,30)/t15-,17-/m0/s1. The number of benzene rings is 2. The molecule has 1 amide bonds. The molecule has 0 aliphatic heterocycles. The molecule has 0 heterocycles. The van der Waals surface area contributed by atoms with Gasteiger partial charge in [0.15, 0.2) is 17.4 Å². The number of phenolic OH excluding ortho intramolecular Hbond substituents is 1. The summed E-state index contributed by atoms with van der Waals surface area (Å²) in [7, 11) is 0. The molecule has 0 unspecified atom stereocenters. The molecule has 0 fully saturated rings. The van der Waals surface area contributed by atoms with Crippen LogP contribution in [0.5, 0.6) is 5.75 Å². The molecule has 160 valence electrons. The van der Waals surface area contributed by atoms with Crippen molar-refractivity contribution in [3.05, 3.63) is 64.2 Å². The number of carbonyl (C=O) groups is 1. The normalized spacial score (nSPS) is 13.4. The zero-order valence-corrected chi connectivity index (χ0v) is 15.9. The molecule has 0 aromatic heterocycles. The van der Waals surface area contributed by atoms with Gasteiger partial charge < -0.3 is 10.4 Å². The van der Waals surface area contributed by atoms with Crippen LogP contribution in [0.15, 0.2) is 36.4 Å². The van der Waals surface area contributed by atoms with Gasteiger partial charge in [0.1, 0.15) is 12.6 Å². The average molecular weight is 448 g/mol. The number of hydrogen-bond donors (Lipinski definition) is 3. The van der Waals surface area contributed by atoms with Gasteiger partial charge >= 0.3 is 6.18 Å². The van der Waals surface area contributed by atoms with Gasteiger partial charge in [0.25, 0.3) is 0 Å². The molecule has 2 rings (SSSR count). The monoisotopic (exact) mass is 447 g/mol. The van der Waals surface area contributed by atoms with Crippen molar-refractivity contribution in [3.8, 4) is 11.8 Å². The van der Waals surface area contributed by atoms with E-state index in [2.05, 4.69) is 10.6 Å². The van der Waals surface area contributed by atoms with Crippen LogP contribution in [0.1, 0.15) is 17.2 Å². The summed E-state index contributed by atoms with van der Waals surface area (Å²) in [6.45, 7) is -0.479. The highest BCUT2D eigenvalue weighted by molar-refractivity contribution is 6.30. The first-order valence-electron chi connectivity index (χ1n) is 8.42. The minimum absolute atomic E-state index is 0.176. The highest BCUT2D eigenvalue weighted by atomic mass is 35.5. The van der Waals surface area contributed by atoms with E-state index in [1.807, 2.05) is 0 Å². The maximum absolute atomic E-state index is 13.7. The maximum atomic E-state index is 13.7. The Hall–Kier alpha value is -2.90. The first-order valence-corrected chi connectivity index (χ1v) is 8.80. The highest BCUT2D eigenvalue weighted by Gasteiger charge is 2.42. The van der Waals surface area contributed by atoms with E-state index in [0.717, 1.165) is 12.1 Å². The van der Waals surface area contributed by atoms with Crippen molar-refractivity contribution in [2.45, 2.75) is 24.7 Å². The maximum Gasteiger partial charge on any atom is 0.407 e. The van der Waals surface area contributed by atoms with Crippen LogP contribution in [0.2, 0.25) is 5.02 Å². The molecule has 2 aromatic carbocycles. The first-order chi connectivity index (χ1) is 14.0. The number of aromatic hydroxyl groups is 1. The Kier molecular flexibility index (Phi) is 7.59. The van der Waals surface area contributed by atoms with E-state index < -0.39 is 54.5 Å². The van der Waals surface area contributed by atoms with Crippen molar-refractivity contribution < 1.29 is 31.9 Å². The molecule has 11 heteroatoms. The van der Waals surface area contributed by atoms with Crippen LogP contribution in [0.25, 0.3) is 0 Å². The second kappa shape index (κ2) is 9.73. The van der Waals surface area contributed by atoms with Crippen LogP contribution in [-0.2, 0) is 11.2 Å². The number of hydrogen-bond acceptors (Lipinski definition) is 4. The van der Waals surface area contributed by atoms with Gasteiger partial charge in [-0.3, -0.25) is 10.1 Å². The van der Waals surface area contributed by atoms with Crippen LogP contribution in [-0.4, -0.2) is 29.8 Å². The predicted octanol–water partition coefficient (Wildman–Crippen LogP) is 3.77. The molecule has 5 nitrogen and oxygen atoms in total. The topological polar surface area (TPSA) is 85.2 Å². The fourth-order valence-corrected chi connectivity index (χ4v) is 2.81. The number of carbonyl (C=O) groups excluding carboxylic acids is 1. The zero-order valence-electron chi connectivity index (χ0n) is 15.1. The summed E-state index contributed by atoms with van der Waals surface area (Å²) in [5.41, 5.74) is -0.419. The molecule has 0 spiro atoms. The van der Waals surface area contributed by atoms with Crippen LogP contribution in [0.4, 0.5) is 22.0 Å². The highest BCUT2D eigenvalue weighted by Crippen LogP contribution is 2.34. The van der Waals surface area contributed by atoms with E-state index in [1.54, 1.807) is 6.07 Å². The lowest BCUT2D eigenvalue weighted by molar-refractivity contribution is -0.160. The van der Waals surface area contributed by atoms with Crippen LogP contribution >= 0.6 is 11.6 Å². The lowest BCUT2D eigenvalue weighted by Crippen LogP contribution is -2.50. The third-order valence-corrected chi connectivity index (χ3v) is 4.33. The summed E-state index contributed by atoms with van der Waals surface area (Å²) in [6.07, 6.45) is -5.38. The lowest BCUT2D eigenvalue weighted by Gasteiger charge is -2.27. The van der Waals surface area contributed by atoms with Gasteiger partial charge in [0.05, 0.1) is 12.1 Å². The molecular formula is C19H15ClF5N3O2. The van der Waals surface area contributed by atoms with Crippen molar-refractivity contribution in [2.24, 2.45) is 0 Å². The Morgan fingerprint density at radius 3 is 2.23 bits per heavy atom. The minimum atomic E-state index is -4.83. The van der Waals surface area contributed by atoms with Gasteiger partial charge in [0, 0.05) is 5.02 Å². The molecule has 0 aliphatic rings. The summed E-state index contributed by atoms with van der Waals surface area (Å²) < 4.78 is 68.2. The van der Waals surface area contributed by atoms with E-state index in [9.17, 15) is 31.9 Å². The van der Waals surface area contributed by atoms with Gasteiger partial charge in [-0.05, 0) is 41.8 Å². The molecule has 3 N–H and O–H groups in total. The predicted molar refractivity (Wildman–Crippen MR) is 97.5 cm³/mol. The molecular weight excluding hydrogens is 433 g/mol. The Morgan fingerprint density at radius 2 is 1.73 bits per heavy atom. The molecule has 0 radical (unpaired) electrons. The molecule has 2 aromatic rings. The van der Waals surface area contributed by atoms with Gasteiger partial charge in [-0.1, -0.05) is 23.7 Å². The number of nitrogens with zero attached hydrogens (tertiary/aromatic N) is 1. The quantitative estimate of drug-likeness (QED) is 0.445. The van der Waals surface area contributed by atoms with E-state index in [0.29, 0.717) is 12.1 Å². The van der Waals surface area contributed by atoms with Crippen molar-refractivity contribution in [1.29, 1.82) is 5.26 Å². The summed E-state index contributed by atoms with van der Waals surface area (Å²) >= 11 is 5.71. The molecule has 0 aliphatic carbocycles. The Labute approximate surface area is 173 Å². The van der Waals surface area contributed by atoms with E-state index in [4.69, 9.17) is 16.9 Å². The molecule has 2 atom stereocenters. The number of nitrogens with one attached hydrogen (secondary N) is 2. The number of nitriles is 1. The second-order valence-electron chi connectivity index (χ2n) is 6.23. The fraction of sp³-hybridized carbons (Fsp3) is 0.263. The third-order valence-electron chi connectivity index (χ3n) is 4.07. The summed E-state index contributed by atoms with van der Waals surface area (Å²) in [4.78, 5) is 12.3. The molecule has 0 bridgehead atoms. The fourth-order valence-electron chi connectivity index (χ4n) is 2.68. The largest absolute Gasteiger partial charge is 0.503 e. The third kappa shape index (κ3) is 6.05. The van der Waals surface area contributed by atoms with Gasteiger partial charge in [-0.2, -0.15) is 18.4 Å². The number of rotatable bonds is 7. The van der Waals surface area contributed by atoms with Crippen molar-refractivity contribution >= 4 is 17.5 Å². The molecule has 0 saturated carbocycles. The Bertz CT molecular complexity index is 922. The minimum Gasteiger partial charge on any atom is -0.503 e. The number of alkyl halides is 3. The van der Waals surface area contributed by atoms with Gasteiger partial charge in [0.2, 0.25) is 5.91 Å². The van der Waals surface area contributed by atoms with E-state index >= 15 is 0 Å². The van der Waals surface area contributed by atoms with Crippen LogP contribution in [0.3, 0.4) is 0 Å². The van der Waals surface area contributed by atoms with E-state index in [-0.39, 0.29) is 16.1 Å². The average Bonchev–Trinajstić information content (AvgIpc) is 2.67. The van der Waals surface area contributed by atoms with Crippen molar-refractivity contribution in [2.75, 3.05) is 6.54 Å². The van der Waals surface area contributed by atoms with Crippen molar-refractivity contribution in [1.82, 2.24) is 10.6 Å². The zero-order chi connectivity index (χ0) is 22.5. The summed E-state index contributed by atoms with van der Waals surface area (Å²) in [5.74, 6) is -4.88. The smallest absolute Gasteiger partial charge is 0.407 e. The summed E-state index contributed by atoms with van der Waals surface area (Å²) in [6, 6.07) is 3.84. The van der Waals surface area contributed by atoms with Crippen LogP contribution in [0, 0.1) is 23.0 Å². The Balaban J connectivity index is 2.38. The number of halogens is 6. The lowest BCUT2D eigenvalue weighted by atomic mass is 10.0. The Morgan fingerprint density at radius 1 is 1.17 bits per heavy atom. The van der Waals surface area contributed by atoms with E-state index in [1.165, 1.54) is 12.1 Å². The summed E-state index contributed by atoms with van der Waals surface area (Å²) in [5, 5.41) is 22.2.